The Morgan fingerprint density at radius 1 is 0.935 bits per heavy atom. The van der Waals surface area contributed by atoms with Crippen LogP contribution < -0.4 is 9.47 Å². The number of hydrogen-bond donors (Lipinski definition) is 1. The molecule has 0 saturated carbocycles. The van der Waals surface area contributed by atoms with Crippen LogP contribution in [0.5, 0.6) is 17.2 Å². The second-order valence-electron chi connectivity index (χ2n) is 6.96. The first-order chi connectivity index (χ1) is 15.1. The van der Waals surface area contributed by atoms with Crippen molar-refractivity contribution in [3.8, 4) is 17.2 Å². The lowest BCUT2D eigenvalue weighted by Gasteiger charge is -2.15. The van der Waals surface area contributed by atoms with Gasteiger partial charge < -0.3 is 14.6 Å². The van der Waals surface area contributed by atoms with Gasteiger partial charge in [0, 0.05) is 5.39 Å². The molecule has 0 fully saturated rings. The zero-order valence-corrected chi connectivity index (χ0v) is 19.2. The number of fused-ring (bicyclic) bond motifs is 1. The van der Waals surface area contributed by atoms with Crippen molar-refractivity contribution in [2.24, 2.45) is 0 Å². The summed E-state index contributed by atoms with van der Waals surface area (Å²) in [5.74, 6) is 1.65. The molecule has 0 amide bonds. The van der Waals surface area contributed by atoms with Gasteiger partial charge in [-0.25, -0.2) is 4.98 Å². The van der Waals surface area contributed by atoms with Gasteiger partial charge in [-0.1, -0.05) is 54.6 Å². The molecule has 1 N–H and O–H groups in total. The Bertz CT molecular complexity index is 1220. The first-order valence-electron chi connectivity index (χ1n) is 10.0. The molecule has 1 aromatic heterocycles. The Morgan fingerprint density at radius 2 is 1.77 bits per heavy atom. The SMILES string of the molecule is CCOc1cc(/C=C\c2ccc3cccc(O)c3n2)cc(I)c1OCc1ccccc1. The summed E-state index contributed by atoms with van der Waals surface area (Å²) in [5.41, 5.74) is 3.46. The highest BCUT2D eigenvalue weighted by Gasteiger charge is 2.12. The van der Waals surface area contributed by atoms with E-state index < -0.39 is 0 Å². The number of pyridine rings is 1. The molecule has 0 aliphatic rings. The normalized spacial score (nSPS) is 11.2. The van der Waals surface area contributed by atoms with E-state index in [1.807, 2.05) is 79.7 Å². The fourth-order valence-corrected chi connectivity index (χ4v) is 4.02. The van der Waals surface area contributed by atoms with E-state index in [2.05, 4.69) is 33.6 Å². The quantitative estimate of drug-likeness (QED) is 0.274. The van der Waals surface area contributed by atoms with Crippen molar-refractivity contribution in [2.45, 2.75) is 13.5 Å². The molecule has 0 saturated heterocycles. The fourth-order valence-electron chi connectivity index (χ4n) is 3.24. The van der Waals surface area contributed by atoms with E-state index in [1.165, 1.54) is 0 Å². The standard InChI is InChI=1S/C26H22INO3/c1-2-30-24-16-19(15-22(27)26(24)31-17-18-7-4-3-5-8-18)11-13-21-14-12-20-9-6-10-23(29)25(20)28-21/h3-16,29H,2,17H2,1H3/b13-11-. The molecule has 0 atom stereocenters. The molecular weight excluding hydrogens is 501 g/mol. The zero-order valence-electron chi connectivity index (χ0n) is 17.1. The van der Waals surface area contributed by atoms with Crippen LogP contribution in [0, 0.1) is 3.57 Å². The summed E-state index contributed by atoms with van der Waals surface area (Å²) in [6.45, 7) is 2.99. The number of halogens is 1. The predicted molar refractivity (Wildman–Crippen MR) is 133 cm³/mol. The molecule has 0 aliphatic heterocycles. The second kappa shape index (κ2) is 9.83. The molecule has 0 bridgehead atoms. The van der Waals surface area contributed by atoms with Crippen LogP contribution in [0.2, 0.25) is 0 Å². The van der Waals surface area contributed by atoms with Gasteiger partial charge in [-0.15, -0.1) is 0 Å². The summed E-state index contributed by atoms with van der Waals surface area (Å²) in [5, 5.41) is 11.0. The van der Waals surface area contributed by atoms with E-state index in [0.717, 1.165) is 31.5 Å². The number of aromatic nitrogens is 1. The van der Waals surface area contributed by atoms with Crippen molar-refractivity contribution in [1.29, 1.82) is 0 Å². The van der Waals surface area contributed by atoms with E-state index in [-0.39, 0.29) is 5.75 Å². The third-order valence-corrected chi connectivity index (χ3v) is 5.53. The predicted octanol–water partition coefficient (Wildman–Crippen LogP) is 6.69. The van der Waals surface area contributed by atoms with Crippen molar-refractivity contribution in [2.75, 3.05) is 6.61 Å². The molecule has 4 aromatic rings. The number of phenols is 1. The minimum atomic E-state index is 0.181. The first kappa shape index (κ1) is 21.2. The highest BCUT2D eigenvalue weighted by molar-refractivity contribution is 14.1. The number of nitrogens with zero attached hydrogens (tertiary/aromatic N) is 1. The minimum absolute atomic E-state index is 0.181. The average Bonchev–Trinajstić information content (AvgIpc) is 2.78. The Labute approximate surface area is 195 Å². The Morgan fingerprint density at radius 3 is 2.58 bits per heavy atom. The maximum absolute atomic E-state index is 10.1. The maximum Gasteiger partial charge on any atom is 0.175 e. The Balaban J connectivity index is 1.59. The molecule has 3 aromatic carbocycles. The first-order valence-corrected chi connectivity index (χ1v) is 11.1. The van der Waals surface area contributed by atoms with Crippen LogP contribution in [-0.2, 0) is 6.61 Å². The molecule has 4 nitrogen and oxygen atoms in total. The van der Waals surface area contributed by atoms with E-state index in [4.69, 9.17) is 9.47 Å². The second-order valence-corrected chi connectivity index (χ2v) is 8.12. The molecule has 5 heteroatoms. The Hall–Kier alpha value is -3.06. The van der Waals surface area contributed by atoms with Gasteiger partial charge in [0.1, 0.15) is 17.9 Å². The zero-order chi connectivity index (χ0) is 21.6. The molecule has 0 unspecified atom stereocenters. The summed E-state index contributed by atoms with van der Waals surface area (Å²) in [7, 11) is 0. The number of para-hydroxylation sites is 1. The molecule has 0 aliphatic carbocycles. The van der Waals surface area contributed by atoms with Gasteiger partial charge in [-0.2, -0.15) is 0 Å². The van der Waals surface area contributed by atoms with Crippen molar-refractivity contribution >= 4 is 45.6 Å². The molecule has 0 radical (unpaired) electrons. The highest BCUT2D eigenvalue weighted by atomic mass is 127. The summed E-state index contributed by atoms with van der Waals surface area (Å²) >= 11 is 2.28. The van der Waals surface area contributed by atoms with E-state index >= 15 is 0 Å². The van der Waals surface area contributed by atoms with Crippen LogP contribution in [0.4, 0.5) is 0 Å². The lowest BCUT2D eigenvalue weighted by Crippen LogP contribution is -2.02. The van der Waals surface area contributed by atoms with Crippen LogP contribution in [0.1, 0.15) is 23.7 Å². The third-order valence-electron chi connectivity index (χ3n) is 4.72. The summed E-state index contributed by atoms with van der Waals surface area (Å²) < 4.78 is 12.9. The lowest BCUT2D eigenvalue weighted by molar-refractivity contribution is 0.267. The summed E-state index contributed by atoms with van der Waals surface area (Å²) in [6.07, 6.45) is 3.91. The number of phenolic OH excluding ortho intramolecular Hbond substituents is 1. The number of rotatable bonds is 7. The monoisotopic (exact) mass is 523 g/mol. The summed E-state index contributed by atoms with van der Waals surface area (Å²) in [4.78, 5) is 4.56. The van der Waals surface area contributed by atoms with Gasteiger partial charge in [-0.3, -0.25) is 0 Å². The fraction of sp³-hybridized carbons (Fsp3) is 0.115. The van der Waals surface area contributed by atoms with Gasteiger partial charge in [0.2, 0.25) is 0 Å². The smallest absolute Gasteiger partial charge is 0.175 e. The minimum Gasteiger partial charge on any atom is -0.506 e. The molecule has 156 valence electrons. The van der Waals surface area contributed by atoms with Gasteiger partial charge in [0.05, 0.1) is 15.9 Å². The highest BCUT2D eigenvalue weighted by Crippen LogP contribution is 2.35. The number of ether oxygens (including phenoxy) is 2. The van der Waals surface area contributed by atoms with Crippen molar-refractivity contribution in [3.05, 3.63) is 93.2 Å². The number of hydrogen-bond acceptors (Lipinski definition) is 4. The molecular formula is C26H22INO3. The van der Waals surface area contributed by atoms with Gasteiger partial charge >= 0.3 is 0 Å². The largest absolute Gasteiger partial charge is 0.506 e. The van der Waals surface area contributed by atoms with Crippen LogP contribution >= 0.6 is 22.6 Å². The average molecular weight is 523 g/mol. The van der Waals surface area contributed by atoms with Crippen LogP contribution in [0.15, 0.2) is 72.8 Å². The van der Waals surface area contributed by atoms with E-state index in [9.17, 15) is 5.11 Å². The van der Waals surface area contributed by atoms with Gasteiger partial charge in [0.25, 0.3) is 0 Å². The summed E-state index contributed by atoms with van der Waals surface area (Å²) in [6, 6.07) is 23.4. The topological polar surface area (TPSA) is 51.6 Å². The third kappa shape index (κ3) is 5.17. The Kier molecular flexibility index (Phi) is 6.72. The number of aromatic hydroxyl groups is 1. The van der Waals surface area contributed by atoms with Crippen LogP contribution in [-0.4, -0.2) is 16.7 Å². The molecule has 4 rings (SSSR count). The van der Waals surface area contributed by atoms with Crippen molar-refractivity contribution < 1.29 is 14.6 Å². The van der Waals surface area contributed by atoms with Gasteiger partial charge in [0.15, 0.2) is 11.5 Å². The van der Waals surface area contributed by atoms with Gasteiger partial charge in [-0.05, 0) is 71.0 Å². The van der Waals surface area contributed by atoms with Crippen LogP contribution in [0.3, 0.4) is 0 Å². The molecule has 31 heavy (non-hydrogen) atoms. The molecule has 1 heterocycles. The molecule has 0 spiro atoms. The lowest BCUT2D eigenvalue weighted by atomic mass is 10.1. The van der Waals surface area contributed by atoms with Crippen LogP contribution in [0.25, 0.3) is 23.1 Å². The maximum atomic E-state index is 10.1. The number of benzene rings is 3. The van der Waals surface area contributed by atoms with Crippen molar-refractivity contribution in [3.63, 3.8) is 0 Å². The van der Waals surface area contributed by atoms with E-state index in [0.29, 0.717) is 24.5 Å². The van der Waals surface area contributed by atoms with Crippen molar-refractivity contribution in [1.82, 2.24) is 4.98 Å². The van der Waals surface area contributed by atoms with E-state index in [1.54, 1.807) is 6.07 Å².